The molecule has 27 heavy (non-hydrogen) atoms. The van der Waals surface area contributed by atoms with E-state index in [9.17, 15) is 14.8 Å². The fourth-order valence-electron chi connectivity index (χ4n) is 3.64. The largest absolute Gasteiger partial charge is 0.507 e. The fourth-order valence-corrected chi connectivity index (χ4v) is 6.02. The van der Waals surface area contributed by atoms with Crippen molar-refractivity contribution in [2.45, 2.75) is 0 Å². The van der Waals surface area contributed by atoms with E-state index in [0.717, 1.165) is 11.1 Å². The Kier molecular flexibility index (Phi) is 3.33. The maximum atomic E-state index is 14.1. The third-order valence-corrected chi connectivity index (χ3v) is 7.37. The summed E-state index contributed by atoms with van der Waals surface area (Å²) in [5.41, 5.74) is 1.65. The minimum absolute atomic E-state index is 0.0476. The van der Waals surface area contributed by atoms with E-state index in [1.54, 1.807) is 42.5 Å². The number of hydrogen-bond acceptors (Lipinski definition) is 4. The highest BCUT2D eigenvalue weighted by Gasteiger charge is 2.40. The molecule has 1 unspecified atom stereocenters. The van der Waals surface area contributed by atoms with Gasteiger partial charge in [-0.3, -0.25) is 4.57 Å². The van der Waals surface area contributed by atoms with Crippen LogP contribution in [0.4, 0.5) is 0 Å². The topological polar surface area (TPSA) is 66.8 Å². The van der Waals surface area contributed by atoms with E-state index in [1.165, 1.54) is 6.07 Å². The number of rotatable bonds is 1. The Labute approximate surface area is 155 Å². The summed E-state index contributed by atoms with van der Waals surface area (Å²) in [6, 6.07) is 23.0. The molecule has 4 aromatic carbocycles. The number of para-hydroxylation sites is 1. The molecule has 5 heteroatoms. The first-order chi connectivity index (χ1) is 13.1. The third kappa shape index (κ3) is 2.20. The van der Waals surface area contributed by atoms with Crippen molar-refractivity contribution in [1.82, 2.24) is 0 Å². The first-order valence-corrected chi connectivity index (χ1v) is 10.1. The normalized spacial score (nSPS) is 17.8. The van der Waals surface area contributed by atoms with Gasteiger partial charge in [0.1, 0.15) is 17.2 Å². The SMILES string of the molecule is O=P1(c2cc(O)c3ccccc3c2O)Oc2ccccc2-c2ccccc21. The van der Waals surface area contributed by atoms with Gasteiger partial charge in [-0.2, -0.15) is 0 Å². The van der Waals surface area contributed by atoms with Crippen molar-refractivity contribution in [3.05, 3.63) is 78.9 Å². The molecule has 1 aliphatic rings. The lowest BCUT2D eigenvalue weighted by Crippen LogP contribution is -2.25. The van der Waals surface area contributed by atoms with Crippen molar-refractivity contribution in [2.75, 3.05) is 0 Å². The molecule has 0 fully saturated rings. The molecule has 0 spiro atoms. The lowest BCUT2D eigenvalue weighted by atomic mass is 10.0. The van der Waals surface area contributed by atoms with E-state index in [2.05, 4.69) is 0 Å². The van der Waals surface area contributed by atoms with Crippen LogP contribution in [0.2, 0.25) is 0 Å². The second kappa shape index (κ2) is 5.63. The predicted octanol–water partition coefficient (Wildman–Crippen LogP) is 4.54. The molecule has 4 aromatic rings. The number of phenols is 2. The smallest absolute Gasteiger partial charge is 0.311 e. The van der Waals surface area contributed by atoms with Gasteiger partial charge in [-0.05, 0) is 23.8 Å². The van der Waals surface area contributed by atoms with Gasteiger partial charge in [0.05, 0.1) is 10.6 Å². The van der Waals surface area contributed by atoms with Crippen LogP contribution < -0.4 is 15.1 Å². The number of aromatic hydroxyl groups is 2. The van der Waals surface area contributed by atoms with Gasteiger partial charge in [0, 0.05) is 16.3 Å². The van der Waals surface area contributed by atoms with Crippen LogP contribution in [0.15, 0.2) is 78.9 Å². The Morgan fingerprint density at radius 2 is 1.33 bits per heavy atom. The van der Waals surface area contributed by atoms with Crippen molar-refractivity contribution in [3.8, 4) is 28.4 Å². The molecule has 5 rings (SSSR count). The van der Waals surface area contributed by atoms with Crippen LogP contribution in [-0.2, 0) is 4.57 Å². The van der Waals surface area contributed by atoms with Gasteiger partial charge in [-0.1, -0.05) is 60.7 Å². The summed E-state index contributed by atoms with van der Waals surface area (Å²) >= 11 is 0. The molecular formula is C22H15O4P. The molecule has 1 heterocycles. The van der Waals surface area contributed by atoms with Gasteiger partial charge >= 0.3 is 7.37 Å². The monoisotopic (exact) mass is 374 g/mol. The molecular weight excluding hydrogens is 359 g/mol. The number of phenolic OH excluding ortho intramolecular Hbond substituents is 2. The predicted molar refractivity (Wildman–Crippen MR) is 107 cm³/mol. The summed E-state index contributed by atoms with van der Waals surface area (Å²) in [5, 5.41) is 22.9. The van der Waals surface area contributed by atoms with Gasteiger partial charge in [-0.25, -0.2) is 0 Å². The summed E-state index contributed by atoms with van der Waals surface area (Å²) in [5.74, 6) is 0.307. The standard InChI is InChI=1S/C22H15O4P/c23-18-13-21(22(24)17-10-2-1-7-14(17)18)27(25)20-12-6-4-9-16(20)15-8-3-5-11-19(15)26-27/h1-13,23-24H. The van der Waals surface area contributed by atoms with Crippen molar-refractivity contribution < 1.29 is 19.3 Å². The van der Waals surface area contributed by atoms with Crippen LogP contribution in [-0.4, -0.2) is 10.2 Å². The summed E-state index contributed by atoms with van der Waals surface area (Å²) in [6.07, 6.45) is 0. The van der Waals surface area contributed by atoms with Crippen LogP contribution in [0, 0.1) is 0 Å². The van der Waals surface area contributed by atoms with Crippen LogP contribution in [0.1, 0.15) is 0 Å². The zero-order chi connectivity index (χ0) is 18.6. The van der Waals surface area contributed by atoms with E-state index in [0.29, 0.717) is 21.8 Å². The molecule has 0 aliphatic carbocycles. The molecule has 0 aromatic heterocycles. The molecule has 132 valence electrons. The summed E-state index contributed by atoms with van der Waals surface area (Å²) < 4.78 is 20.1. The summed E-state index contributed by atoms with van der Waals surface area (Å²) in [4.78, 5) is 0. The highest BCUT2D eigenvalue weighted by atomic mass is 31.2. The molecule has 0 bridgehead atoms. The van der Waals surface area contributed by atoms with Gasteiger partial charge < -0.3 is 14.7 Å². The van der Waals surface area contributed by atoms with Gasteiger partial charge in [0.2, 0.25) is 0 Å². The Bertz CT molecular complexity index is 1260. The van der Waals surface area contributed by atoms with Crippen molar-refractivity contribution in [1.29, 1.82) is 0 Å². The van der Waals surface area contributed by atoms with Crippen LogP contribution in [0.25, 0.3) is 21.9 Å². The average Bonchev–Trinajstić information content (AvgIpc) is 2.71. The van der Waals surface area contributed by atoms with Gasteiger partial charge in [-0.15, -0.1) is 0 Å². The second-order valence-corrected chi connectivity index (χ2v) is 8.71. The molecule has 0 amide bonds. The Balaban J connectivity index is 1.85. The minimum Gasteiger partial charge on any atom is -0.507 e. The summed E-state index contributed by atoms with van der Waals surface area (Å²) in [6.45, 7) is 0. The van der Waals surface area contributed by atoms with Gasteiger partial charge in [0.15, 0.2) is 0 Å². The second-order valence-electron chi connectivity index (χ2n) is 6.47. The third-order valence-electron chi connectivity index (χ3n) is 4.92. The summed E-state index contributed by atoms with van der Waals surface area (Å²) in [7, 11) is -3.67. The molecule has 2 N–H and O–H groups in total. The quantitative estimate of drug-likeness (QED) is 0.379. The average molecular weight is 374 g/mol. The van der Waals surface area contributed by atoms with Crippen molar-refractivity contribution >= 4 is 28.8 Å². The van der Waals surface area contributed by atoms with Crippen molar-refractivity contribution in [3.63, 3.8) is 0 Å². The van der Waals surface area contributed by atoms with E-state index in [1.807, 2.05) is 30.3 Å². The number of benzene rings is 4. The van der Waals surface area contributed by atoms with E-state index >= 15 is 0 Å². The molecule has 0 saturated carbocycles. The zero-order valence-electron chi connectivity index (χ0n) is 14.2. The molecule has 1 atom stereocenters. The zero-order valence-corrected chi connectivity index (χ0v) is 15.1. The highest BCUT2D eigenvalue weighted by molar-refractivity contribution is 7.75. The molecule has 1 aliphatic heterocycles. The van der Waals surface area contributed by atoms with Crippen LogP contribution in [0.5, 0.6) is 17.2 Å². The lowest BCUT2D eigenvalue weighted by Gasteiger charge is -2.29. The van der Waals surface area contributed by atoms with Crippen molar-refractivity contribution in [2.24, 2.45) is 0 Å². The van der Waals surface area contributed by atoms with E-state index in [4.69, 9.17) is 4.52 Å². The lowest BCUT2D eigenvalue weighted by molar-refractivity contribution is 0.467. The van der Waals surface area contributed by atoms with Crippen LogP contribution in [0.3, 0.4) is 0 Å². The Morgan fingerprint density at radius 1 is 0.704 bits per heavy atom. The Hall–Kier alpha value is -3.23. The van der Waals surface area contributed by atoms with E-state index < -0.39 is 7.37 Å². The maximum Gasteiger partial charge on any atom is 0.311 e. The molecule has 0 saturated heterocycles. The fraction of sp³-hybridized carbons (Fsp3) is 0. The maximum absolute atomic E-state index is 14.1. The number of fused-ring (bicyclic) bond motifs is 4. The van der Waals surface area contributed by atoms with Gasteiger partial charge in [0.25, 0.3) is 0 Å². The Morgan fingerprint density at radius 3 is 2.15 bits per heavy atom. The highest BCUT2D eigenvalue weighted by Crippen LogP contribution is 2.56. The number of hydrogen-bond donors (Lipinski definition) is 2. The minimum atomic E-state index is -3.67. The molecule has 0 radical (unpaired) electrons. The van der Waals surface area contributed by atoms with Crippen LogP contribution >= 0.6 is 7.37 Å². The van der Waals surface area contributed by atoms with E-state index in [-0.39, 0.29) is 16.8 Å². The molecule has 4 nitrogen and oxygen atoms in total. The first kappa shape index (κ1) is 16.0. The first-order valence-electron chi connectivity index (χ1n) is 8.52.